The Morgan fingerprint density at radius 3 is 2.79 bits per heavy atom. The minimum Gasteiger partial charge on any atom is -0.392 e. The van der Waals surface area contributed by atoms with Crippen molar-refractivity contribution in [3.8, 4) is 0 Å². The van der Waals surface area contributed by atoms with Crippen molar-refractivity contribution >= 4 is 0 Å². The molecular weight excluding hydrogens is 180 g/mol. The van der Waals surface area contributed by atoms with Crippen LogP contribution < -0.4 is 5.32 Å². The molecule has 0 unspecified atom stereocenters. The van der Waals surface area contributed by atoms with E-state index in [1.54, 1.807) is 0 Å². The number of aliphatic hydroxyl groups is 1. The summed E-state index contributed by atoms with van der Waals surface area (Å²) in [5.41, 5.74) is 0. The Bertz CT molecular complexity index is 310. The lowest BCUT2D eigenvalue weighted by Crippen LogP contribution is -2.15. The summed E-state index contributed by atoms with van der Waals surface area (Å²) in [6.45, 7) is 4.76. The molecule has 1 saturated heterocycles. The molecule has 0 radical (unpaired) electrons. The van der Waals surface area contributed by atoms with Gasteiger partial charge in [0.1, 0.15) is 5.82 Å². The second-order valence-electron chi connectivity index (χ2n) is 4.08. The third-order valence-electron chi connectivity index (χ3n) is 2.47. The van der Waals surface area contributed by atoms with E-state index in [2.05, 4.69) is 34.3 Å². The largest absolute Gasteiger partial charge is 0.392 e. The molecule has 2 heterocycles. The van der Waals surface area contributed by atoms with Gasteiger partial charge in [-0.15, -0.1) is 0 Å². The van der Waals surface area contributed by atoms with Crippen LogP contribution in [-0.4, -0.2) is 32.9 Å². The fourth-order valence-corrected chi connectivity index (χ4v) is 1.63. The van der Waals surface area contributed by atoms with E-state index >= 15 is 0 Å². The number of H-pyrrole nitrogens is 1. The first-order valence-electron chi connectivity index (χ1n) is 5.00. The third-order valence-corrected chi connectivity index (χ3v) is 2.47. The molecule has 0 aliphatic carbocycles. The quantitative estimate of drug-likeness (QED) is 0.637. The van der Waals surface area contributed by atoms with Crippen LogP contribution in [-0.2, 0) is 0 Å². The second kappa shape index (κ2) is 3.67. The number of rotatable bonds is 2. The van der Waals surface area contributed by atoms with Gasteiger partial charge in [-0.1, -0.05) is 13.8 Å². The maximum atomic E-state index is 9.35. The number of β-amino-alcohol motifs (C(OH)–C–C–N with tert-alkyl or cyclic N) is 1. The summed E-state index contributed by atoms with van der Waals surface area (Å²) in [5, 5.41) is 19.6. The van der Waals surface area contributed by atoms with Crippen molar-refractivity contribution in [3.05, 3.63) is 11.6 Å². The predicted octanol–water partition coefficient (Wildman–Crippen LogP) is 0.323. The zero-order valence-electron chi connectivity index (χ0n) is 8.49. The Labute approximate surface area is 82.9 Å². The first kappa shape index (κ1) is 9.61. The molecule has 5 nitrogen and oxygen atoms in total. The molecule has 5 heteroatoms. The predicted molar refractivity (Wildman–Crippen MR) is 51.8 cm³/mol. The number of nitrogens with zero attached hydrogens (tertiary/aromatic N) is 2. The standard InChI is InChI=1S/C9H16N4O/c1-5(2)8-11-9(13-12-8)7-3-6(14)4-10-7/h5-7,10,14H,3-4H2,1-2H3,(H,11,12,13)/t6-,7+/m1/s1. The van der Waals surface area contributed by atoms with E-state index in [9.17, 15) is 5.11 Å². The molecule has 1 aromatic heterocycles. The van der Waals surface area contributed by atoms with Crippen molar-refractivity contribution in [1.82, 2.24) is 20.5 Å². The van der Waals surface area contributed by atoms with Gasteiger partial charge in [0.2, 0.25) is 0 Å². The first-order valence-corrected chi connectivity index (χ1v) is 5.00. The van der Waals surface area contributed by atoms with Crippen LogP contribution in [0.1, 0.15) is 43.9 Å². The van der Waals surface area contributed by atoms with E-state index in [1.165, 1.54) is 0 Å². The zero-order valence-corrected chi connectivity index (χ0v) is 8.49. The average Bonchev–Trinajstić information content (AvgIpc) is 2.70. The van der Waals surface area contributed by atoms with Gasteiger partial charge >= 0.3 is 0 Å². The van der Waals surface area contributed by atoms with Crippen molar-refractivity contribution in [2.45, 2.75) is 38.3 Å². The van der Waals surface area contributed by atoms with Gasteiger partial charge in [-0.3, -0.25) is 5.10 Å². The molecule has 1 aromatic rings. The third kappa shape index (κ3) is 1.78. The summed E-state index contributed by atoms with van der Waals surface area (Å²) in [4.78, 5) is 4.39. The molecule has 1 aliphatic rings. The fourth-order valence-electron chi connectivity index (χ4n) is 1.63. The van der Waals surface area contributed by atoms with E-state index in [0.29, 0.717) is 18.9 Å². The lowest BCUT2D eigenvalue weighted by atomic mass is 10.2. The molecule has 2 rings (SSSR count). The highest BCUT2D eigenvalue weighted by Gasteiger charge is 2.26. The highest BCUT2D eigenvalue weighted by Crippen LogP contribution is 2.21. The molecule has 0 spiro atoms. The van der Waals surface area contributed by atoms with Crippen molar-refractivity contribution in [3.63, 3.8) is 0 Å². The molecule has 0 saturated carbocycles. The molecule has 1 aliphatic heterocycles. The minimum absolute atomic E-state index is 0.130. The van der Waals surface area contributed by atoms with Gasteiger partial charge in [0, 0.05) is 12.5 Å². The Morgan fingerprint density at radius 1 is 1.50 bits per heavy atom. The Balaban J connectivity index is 2.09. The van der Waals surface area contributed by atoms with Crippen molar-refractivity contribution in [2.75, 3.05) is 6.54 Å². The lowest BCUT2D eigenvalue weighted by Gasteiger charge is -2.04. The minimum atomic E-state index is -0.257. The first-order chi connectivity index (χ1) is 6.66. The van der Waals surface area contributed by atoms with Crippen LogP contribution in [0.5, 0.6) is 0 Å². The molecule has 0 aromatic carbocycles. The van der Waals surface area contributed by atoms with E-state index in [0.717, 1.165) is 11.6 Å². The summed E-state index contributed by atoms with van der Waals surface area (Å²) in [6.07, 6.45) is 0.458. The summed E-state index contributed by atoms with van der Waals surface area (Å²) in [7, 11) is 0. The maximum Gasteiger partial charge on any atom is 0.153 e. The van der Waals surface area contributed by atoms with Crippen molar-refractivity contribution in [1.29, 1.82) is 0 Å². The monoisotopic (exact) mass is 196 g/mol. The van der Waals surface area contributed by atoms with Crippen LogP contribution in [0.2, 0.25) is 0 Å². The number of aromatic amines is 1. The second-order valence-corrected chi connectivity index (χ2v) is 4.08. The number of hydrogen-bond donors (Lipinski definition) is 3. The highest BCUT2D eigenvalue weighted by atomic mass is 16.3. The normalized spacial score (nSPS) is 27.4. The molecule has 14 heavy (non-hydrogen) atoms. The Hall–Kier alpha value is -0.940. The van der Waals surface area contributed by atoms with E-state index in [4.69, 9.17) is 0 Å². The Morgan fingerprint density at radius 2 is 2.29 bits per heavy atom. The summed E-state index contributed by atoms with van der Waals surface area (Å²) in [6, 6.07) is 0.130. The number of nitrogens with one attached hydrogen (secondary N) is 2. The van der Waals surface area contributed by atoms with Gasteiger partial charge in [-0.05, 0) is 6.42 Å². The van der Waals surface area contributed by atoms with Gasteiger partial charge in [-0.25, -0.2) is 4.98 Å². The van der Waals surface area contributed by atoms with E-state index in [1.807, 2.05) is 0 Å². The number of hydrogen-bond acceptors (Lipinski definition) is 4. The van der Waals surface area contributed by atoms with Crippen LogP contribution >= 0.6 is 0 Å². The van der Waals surface area contributed by atoms with Gasteiger partial charge in [-0.2, -0.15) is 5.10 Å². The van der Waals surface area contributed by atoms with E-state index < -0.39 is 0 Å². The molecule has 1 fully saturated rings. The number of aliphatic hydroxyl groups excluding tert-OH is 1. The molecule has 78 valence electrons. The highest BCUT2D eigenvalue weighted by molar-refractivity contribution is 5.02. The van der Waals surface area contributed by atoms with Crippen LogP contribution in [0.25, 0.3) is 0 Å². The smallest absolute Gasteiger partial charge is 0.153 e. The fraction of sp³-hybridized carbons (Fsp3) is 0.778. The van der Waals surface area contributed by atoms with Gasteiger partial charge < -0.3 is 10.4 Å². The summed E-state index contributed by atoms with van der Waals surface area (Å²) in [5.74, 6) is 2.01. The molecule has 2 atom stereocenters. The van der Waals surface area contributed by atoms with Crippen LogP contribution in [0, 0.1) is 0 Å². The van der Waals surface area contributed by atoms with Crippen LogP contribution in [0.3, 0.4) is 0 Å². The van der Waals surface area contributed by atoms with Gasteiger partial charge in [0.05, 0.1) is 12.1 Å². The number of aromatic nitrogens is 3. The Kier molecular flexibility index (Phi) is 2.52. The van der Waals surface area contributed by atoms with Crippen molar-refractivity contribution < 1.29 is 5.11 Å². The van der Waals surface area contributed by atoms with Crippen LogP contribution in [0.4, 0.5) is 0 Å². The average molecular weight is 196 g/mol. The van der Waals surface area contributed by atoms with Gasteiger partial charge in [0.25, 0.3) is 0 Å². The van der Waals surface area contributed by atoms with Crippen molar-refractivity contribution in [2.24, 2.45) is 0 Å². The maximum absolute atomic E-state index is 9.35. The van der Waals surface area contributed by atoms with Gasteiger partial charge in [0.15, 0.2) is 5.82 Å². The zero-order chi connectivity index (χ0) is 10.1. The lowest BCUT2D eigenvalue weighted by molar-refractivity contribution is 0.193. The van der Waals surface area contributed by atoms with Crippen LogP contribution in [0.15, 0.2) is 0 Å². The summed E-state index contributed by atoms with van der Waals surface area (Å²) < 4.78 is 0. The SMILES string of the molecule is CC(C)c1n[nH]c([C@@H]2C[C@@H](O)CN2)n1. The molecule has 3 N–H and O–H groups in total. The topological polar surface area (TPSA) is 73.8 Å². The summed E-state index contributed by atoms with van der Waals surface area (Å²) >= 11 is 0. The molecule has 0 bridgehead atoms. The molecular formula is C9H16N4O. The molecule has 0 amide bonds. The van der Waals surface area contributed by atoms with E-state index in [-0.39, 0.29) is 12.1 Å².